The van der Waals surface area contributed by atoms with Crippen molar-refractivity contribution in [2.24, 2.45) is 0 Å². The zero-order valence-corrected chi connectivity index (χ0v) is 16.1. The predicted molar refractivity (Wildman–Crippen MR) is 116 cm³/mol. The molecule has 0 amide bonds. The van der Waals surface area contributed by atoms with Gasteiger partial charge < -0.3 is 14.4 Å². The van der Waals surface area contributed by atoms with Gasteiger partial charge in [-0.25, -0.2) is 0 Å². The minimum absolute atomic E-state index is 0.574. The van der Waals surface area contributed by atoms with E-state index in [1.54, 1.807) is 7.11 Å². The first-order chi connectivity index (χ1) is 13.7. The molecule has 0 radical (unpaired) electrons. The molecule has 0 atom stereocenters. The summed E-state index contributed by atoms with van der Waals surface area (Å²) in [7, 11) is 3.76. The molecule has 3 heteroatoms. The maximum Gasteiger partial charge on any atom is 0.119 e. The van der Waals surface area contributed by atoms with E-state index in [1.165, 1.54) is 10.8 Å². The Kier molecular flexibility index (Phi) is 5.16. The summed E-state index contributed by atoms with van der Waals surface area (Å²) in [5.74, 6) is 1.74. The van der Waals surface area contributed by atoms with E-state index in [9.17, 15) is 0 Å². The van der Waals surface area contributed by atoms with Crippen LogP contribution in [0.15, 0.2) is 91.0 Å². The van der Waals surface area contributed by atoms with Gasteiger partial charge in [0.15, 0.2) is 0 Å². The number of hydrogen-bond donors (Lipinski definition) is 0. The van der Waals surface area contributed by atoms with Crippen molar-refractivity contribution in [3.63, 3.8) is 0 Å². The number of methoxy groups -OCH3 is 1. The van der Waals surface area contributed by atoms with Crippen molar-refractivity contribution in [3.05, 3.63) is 96.6 Å². The molecule has 0 N–H and O–H groups in total. The lowest BCUT2D eigenvalue weighted by Crippen LogP contribution is -2.09. The predicted octanol–water partition coefficient (Wildman–Crippen LogP) is 6.20. The zero-order chi connectivity index (χ0) is 19.3. The van der Waals surface area contributed by atoms with Gasteiger partial charge in [0.05, 0.1) is 7.11 Å². The molecule has 0 aliphatic heterocycles. The Morgan fingerprint density at radius 1 is 0.679 bits per heavy atom. The molecule has 0 unspecified atom stereocenters. The second kappa shape index (κ2) is 8.05. The smallest absolute Gasteiger partial charge is 0.119 e. The van der Waals surface area contributed by atoms with Gasteiger partial charge >= 0.3 is 0 Å². The van der Waals surface area contributed by atoms with E-state index in [2.05, 4.69) is 66.5 Å². The van der Waals surface area contributed by atoms with Crippen LogP contribution in [0.4, 0.5) is 11.4 Å². The van der Waals surface area contributed by atoms with Crippen molar-refractivity contribution in [2.45, 2.75) is 6.61 Å². The first-order valence-electron chi connectivity index (χ1n) is 9.31. The third-order valence-electron chi connectivity index (χ3n) is 4.89. The van der Waals surface area contributed by atoms with E-state index in [1.807, 2.05) is 36.4 Å². The van der Waals surface area contributed by atoms with Gasteiger partial charge in [0.1, 0.15) is 18.1 Å². The van der Waals surface area contributed by atoms with Gasteiger partial charge in [-0.1, -0.05) is 42.5 Å². The van der Waals surface area contributed by atoms with E-state index in [-0.39, 0.29) is 0 Å². The van der Waals surface area contributed by atoms with Crippen LogP contribution >= 0.6 is 0 Å². The molecule has 0 saturated carbocycles. The molecule has 0 heterocycles. The van der Waals surface area contributed by atoms with Crippen LogP contribution in [0, 0.1) is 0 Å². The van der Waals surface area contributed by atoms with Crippen LogP contribution in [0.25, 0.3) is 10.8 Å². The third-order valence-corrected chi connectivity index (χ3v) is 4.89. The summed E-state index contributed by atoms with van der Waals surface area (Å²) in [5, 5.41) is 2.36. The number of benzene rings is 4. The number of ether oxygens (including phenoxy) is 2. The fourth-order valence-corrected chi connectivity index (χ4v) is 3.20. The standard InChI is InChI=1S/C25H23NO2/c1-26(23-10-8-21-17-25(27-2)13-9-20(21)16-23)22-11-14-24(15-12-22)28-18-19-6-4-3-5-7-19/h3-17H,18H2,1-2H3. The number of anilines is 2. The van der Waals surface area contributed by atoms with Crippen LogP contribution in [-0.4, -0.2) is 14.2 Å². The Hall–Kier alpha value is -3.46. The normalized spacial score (nSPS) is 10.6. The monoisotopic (exact) mass is 369 g/mol. The van der Waals surface area contributed by atoms with E-state index in [0.717, 1.165) is 28.4 Å². The Balaban J connectivity index is 1.48. The Labute approximate surface area is 165 Å². The van der Waals surface area contributed by atoms with Crippen LogP contribution in [0.5, 0.6) is 11.5 Å². The summed E-state index contributed by atoms with van der Waals surface area (Å²) in [4.78, 5) is 2.17. The summed E-state index contributed by atoms with van der Waals surface area (Å²) in [6.45, 7) is 0.574. The van der Waals surface area contributed by atoms with Crippen LogP contribution < -0.4 is 14.4 Å². The first kappa shape index (κ1) is 17.9. The first-order valence-corrected chi connectivity index (χ1v) is 9.31. The van der Waals surface area contributed by atoms with Crippen LogP contribution in [0.1, 0.15) is 5.56 Å². The van der Waals surface area contributed by atoms with Gasteiger partial charge in [-0.3, -0.25) is 0 Å². The third kappa shape index (κ3) is 3.94. The van der Waals surface area contributed by atoms with Crippen molar-refractivity contribution in [1.82, 2.24) is 0 Å². The van der Waals surface area contributed by atoms with Gasteiger partial charge in [-0.05, 0) is 64.9 Å². The van der Waals surface area contributed by atoms with Crippen LogP contribution in [-0.2, 0) is 6.61 Å². The van der Waals surface area contributed by atoms with Gasteiger partial charge in [-0.2, -0.15) is 0 Å². The molecular weight excluding hydrogens is 346 g/mol. The van der Waals surface area contributed by atoms with Crippen LogP contribution in [0.3, 0.4) is 0 Å². The molecular formula is C25H23NO2. The van der Waals surface area contributed by atoms with Crippen molar-refractivity contribution in [2.75, 3.05) is 19.1 Å². The van der Waals surface area contributed by atoms with Crippen molar-refractivity contribution >= 4 is 22.1 Å². The number of nitrogens with zero attached hydrogens (tertiary/aromatic N) is 1. The highest BCUT2D eigenvalue weighted by Gasteiger charge is 2.06. The maximum absolute atomic E-state index is 5.88. The lowest BCUT2D eigenvalue weighted by atomic mass is 10.1. The highest BCUT2D eigenvalue weighted by atomic mass is 16.5. The lowest BCUT2D eigenvalue weighted by molar-refractivity contribution is 0.306. The largest absolute Gasteiger partial charge is 0.497 e. The van der Waals surface area contributed by atoms with Crippen molar-refractivity contribution in [1.29, 1.82) is 0 Å². The molecule has 0 aromatic heterocycles. The lowest BCUT2D eigenvalue weighted by Gasteiger charge is -2.20. The molecule has 28 heavy (non-hydrogen) atoms. The molecule has 140 valence electrons. The van der Waals surface area contributed by atoms with Gasteiger partial charge in [0.25, 0.3) is 0 Å². The minimum atomic E-state index is 0.574. The molecule has 0 aliphatic carbocycles. The van der Waals surface area contributed by atoms with Crippen molar-refractivity contribution in [3.8, 4) is 11.5 Å². The molecule has 4 rings (SSSR count). The molecule has 0 spiro atoms. The maximum atomic E-state index is 5.88. The zero-order valence-electron chi connectivity index (χ0n) is 16.1. The number of hydrogen-bond acceptors (Lipinski definition) is 3. The van der Waals surface area contributed by atoms with E-state index < -0.39 is 0 Å². The summed E-state index contributed by atoms with van der Waals surface area (Å²) in [6.07, 6.45) is 0. The highest BCUT2D eigenvalue weighted by Crippen LogP contribution is 2.30. The second-order valence-corrected chi connectivity index (χ2v) is 6.72. The average Bonchev–Trinajstić information content (AvgIpc) is 2.77. The summed E-state index contributed by atoms with van der Waals surface area (Å²) < 4.78 is 11.2. The molecule has 4 aromatic carbocycles. The van der Waals surface area contributed by atoms with Gasteiger partial charge in [0.2, 0.25) is 0 Å². The molecule has 4 aromatic rings. The average molecular weight is 369 g/mol. The highest BCUT2D eigenvalue weighted by molar-refractivity contribution is 5.88. The Morgan fingerprint density at radius 2 is 1.32 bits per heavy atom. The molecule has 0 bridgehead atoms. The number of rotatable bonds is 6. The quantitative estimate of drug-likeness (QED) is 0.404. The Bertz CT molecular complexity index is 1060. The molecule has 0 aliphatic rings. The Morgan fingerprint density at radius 3 is 2.07 bits per heavy atom. The molecule has 0 fully saturated rings. The molecule has 0 saturated heterocycles. The van der Waals surface area contributed by atoms with Gasteiger partial charge in [0, 0.05) is 18.4 Å². The SMILES string of the molecule is COc1ccc2cc(N(C)c3ccc(OCc4ccccc4)cc3)ccc2c1. The topological polar surface area (TPSA) is 21.7 Å². The fraction of sp³-hybridized carbons (Fsp3) is 0.120. The van der Waals surface area contributed by atoms with Crippen molar-refractivity contribution < 1.29 is 9.47 Å². The summed E-state index contributed by atoms with van der Waals surface area (Å²) in [6, 6.07) is 31.0. The molecule has 3 nitrogen and oxygen atoms in total. The summed E-state index contributed by atoms with van der Waals surface area (Å²) >= 11 is 0. The van der Waals surface area contributed by atoms with E-state index >= 15 is 0 Å². The minimum Gasteiger partial charge on any atom is -0.497 e. The van der Waals surface area contributed by atoms with E-state index in [4.69, 9.17) is 9.47 Å². The summed E-state index contributed by atoms with van der Waals surface area (Å²) in [5.41, 5.74) is 3.41. The number of fused-ring (bicyclic) bond motifs is 1. The van der Waals surface area contributed by atoms with Gasteiger partial charge in [-0.15, -0.1) is 0 Å². The van der Waals surface area contributed by atoms with E-state index in [0.29, 0.717) is 6.61 Å². The second-order valence-electron chi connectivity index (χ2n) is 6.72. The van der Waals surface area contributed by atoms with Crippen LogP contribution in [0.2, 0.25) is 0 Å². The fourth-order valence-electron chi connectivity index (χ4n) is 3.20.